The van der Waals surface area contributed by atoms with E-state index in [-0.39, 0.29) is 0 Å². The molecule has 0 saturated heterocycles. The number of hydrogen-bond acceptors (Lipinski definition) is 6. The second kappa shape index (κ2) is 4.87. The largest absolute Gasteiger partial charge is 0.375 e. The third-order valence-electron chi connectivity index (χ3n) is 2.44. The topological polar surface area (TPSA) is 51.8 Å². The maximum absolute atomic E-state index is 5.69. The van der Waals surface area contributed by atoms with Crippen LogP contribution >= 0.6 is 34.4 Å². The lowest BCUT2D eigenvalue weighted by atomic mass is 10.3. The molecule has 6 heteroatoms. The van der Waals surface area contributed by atoms with E-state index in [9.17, 15) is 0 Å². The van der Waals surface area contributed by atoms with E-state index in [4.69, 9.17) is 5.73 Å². The van der Waals surface area contributed by atoms with E-state index in [1.54, 1.807) is 34.4 Å². The lowest BCUT2D eigenvalue weighted by molar-refractivity contribution is 1.21. The number of anilines is 1. The van der Waals surface area contributed by atoms with Gasteiger partial charge in [-0.15, -0.1) is 23.1 Å². The first-order valence-corrected chi connectivity index (χ1v) is 8.04. The summed E-state index contributed by atoms with van der Waals surface area (Å²) in [5, 5.41) is 1.78. The third-order valence-corrected chi connectivity index (χ3v) is 6.01. The Hall–Kier alpha value is -1.11. The monoisotopic (exact) mass is 293 g/mol. The molecule has 0 aliphatic carbocycles. The van der Waals surface area contributed by atoms with Gasteiger partial charge in [-0.05, 0) is 19.1 Å². The normalized spacial score (nSPS) is 11.2. The second-order valence-electron chi connectivity index (χ2n) is 3.79. The highest BCUT2D eigenvalue weighted by Crippen LogP contribution is 2.34. The Morgan fingerprint density at radius 1 is 1.22 bits per heavy atom. The van der Waals surface area contributed by atoms with Gasteiger partial charge in [0.1, 0.15) is 5.01 Å². The fraction of sp³-hybridized carbons (Fsp3) is 0.167. The van der Waals surface area contributed by atoms with Crippen molar-refractivity contribution < 1.29 is 0 Å². The summed E-state index contributed by atoms with van der Waals surface area (Å²) in [6, 6.07) is 8.23. The van der Waals surface area contributed by atoms with E-state index in [1.165, 1.54) is 8.91 Å². The first-order chi connectivity index (χ1) is 8.72. The van der Waals surface area contributed by atoms with Gasteiger partial charge in [0.15, 0.2) is 5.13 Å². The van der Waals surface area contributed by atoms with E-state index in [2.05, 4.69) is 22.1 Å². The van der Waals surface area contributed by atoms with Gasteiger partial charge in [0.05, 0.1) is 25.9 Å². The summed E-state index contributed by atoms with van der Waals surface area (Å²) in [5.41, 5.74) is 7.79. The van der Waals surface area contributed by atoms with Gasteiger partial charge in [-0.1, -0.05) is 23.5 Å². The zero-order valence-electron chi connectivity index (χ0n) is 9.71. The van der Waals surface area contributed by atoms with Gasteiger partial charge >= 0.3 is 0 Å². The van der Waals surface area contributed by atoms with Crippen molar-refractivity contribution in [2.75, 3.05) is 5.73 Å². The molecule has 3 nitrogen and oxygen atoms in total. The van der Waals surface area contributed by atoms with Crippen LogP contribution in [0.3, 0.4) is 0 Å². The van der Waals surface area contributed by atoms with E-state index in [0.717, 1.165) is 22.0 Å². The molecule has 2 heterocycles. The summed E-state index contributed by atoms with van der Waals surface area (Å²) in [7, 11) is 0. The molecule has 2 N–H and O–H groups in total. The van der Waals surface area contributed by atoms with Crippen LogP contribution in [-0.2, 0) is 5.75 Å². The Balaban J connectivity index is 1.78. The average molecular weight is 293 g/mol. The van der Waals surface area contributed by atoms with Crippen LogP contribution in [0.25, 0.3) is 10.2 Å². The highest BCUT2D eigenvalue weighted by Gasteiger charge is 2.08. The van der Waals surface area contributed by atoms with Crippen LogP contribution < -0.4 is 5.73 Å². The molecular formula is C12H11N3S3. The Kier molecular flexibility index (Phi) is 3.23. The Bertz CT molecular complexity index is 654. The Labute approximate surface area is 117 Å². The van der Waals surface area contributed by atoms with Gasteiger partial charge in [0.2, 0.25) is 0 Å². The number of nitrogens with zero attached hydrogens (tertiary/aromatic N) is 2. The summed E-state index contributed by atoms with van der Waals surface area (Å²) < 4.78 is 2.43. The molecule has 0 amide bonds. The van der Waals surface area contributed by atoms with Crippen LogP contribution in [-0.4, -0.2) is 9.97 Å². The minimum atomic E-state index is 0.638. The number of nitrogens with two attached hydrogens (primary N) is 1. The van der Waals surface area contributed by atoms with Crippen molar-refractivity contribution in [3.8, 4) is 0 Å². The van der Waals surface area contributed by atoms with Crippen molar-refractivity contribution >= 4 is 49.8 Å². The maximum Gasteiger partial charge on any atom is 0.181 e. The van der Waals surface area contributed by atoms with E-state index in [1.807, 2.05) is 19.1 Å². The lowest BCUT2D eigenvalue weighted by Gasteiger charge is -1.94. The highest BCUT2D eigenvalue weighted by atomic mass is 32.2. The SMILES string of the molecule is Cc1nc(N)sc1SCc1nc2ccccc2s1. The number of para-hydroxylation sites is 1. The molecule has 0 saturated carbocycles. The van der Waals surface area contributed by atoms with Gasteiger partial charge in [-0.2, -0.15) is 0 Å². The van der Waals surface area contributed by atoms with Crippen LogP contribution in [0.2, 0.25) is 0 Å². The number of benzene rings is 1. The molecule has 0 aliphatic rings. The Morgan fingerprint density at radius 3 is 2.78 bits per heavy atom. The van der Waals surface area contributed by atoms with Gasteiger partial charge in [-0.25, -0.2) is 9.97 Å². The van der Waals surface area contributed by atoms with Gasteiger partial charge < -0.3 is 5.73 Å². The molecule has 3 aromatic rings. The molecule has 0 aliphatic heterocycles. The molecule has 0 unspecified atom stereocenters. The van der Waals surface area contributed by atoms with Gasteiger partial charge in [0, 0.05) is 0 Å². The molecule has 3 rings (SSSR count). The van der Waals surface area contributed by atoms with Crippen molar-refractivity contribution in [1.82, 2.24) is 9.97 Å². The quantitative estimate of drug-likeness (QED) is 0.743. The summed E-state index contributed by atoms with van der Waals surface area (Å²) in [4.78, 5) is 8.84. The fourth-order valence-corrected chi connectivity index (χ4v) is 4.63. The summed E-state index contributed by atoms with van der Waals surface area (Å²) in [6.45, 7) is 1.99. The molecule has 92 valence electrons. The Morgan fingerprint density at radius 2 is 2.06 bits per heavy atom. The fourth-order valence-electron chi connectivity index (χ4n) is 1.65. The summed E-state index contributed by atoms with van der Waals surface area (Å²) in [6.07, 6.45) is 0. The first-order valence-electron chi connectivity index (χ1n) is 5.42. The van der Waals surface area contributed by atoms with Gasteiger partial charge in [-0.3, -0.25) is 0 Å². The molecule has 1 aromatic carbocycles. The molecule has 0 radical (unpaired) electrons. The second-order valence-corrected chi connectivity index (χ2v) is 7.18. The van der Waals surface area contributed by atoms with Crippen LogP contribution in [0, 0.1) is 6.92 Å². The van der Waals surface area contributed by atoms with Crippen LogP contribution in [0.4, 0.5) is 5.13 Å². The number of thioether (sulfide) groups is 1. The number of rotatable bonds is 3. The molecule has 0 atom stereocenters. The van der Waals surface area contributed by atoms with Crippen molar-refractivity contribution in [2.45, 2.75) is 16.9 Å². The van der Waals surface area contributed by atoms with Crippen molar-refractivity contribution in [2.24, 2.45) is 0 Å². The predicted molar refractivity (Wildman–Crippen MR) is 80.4 cm³/mol. The maximum atomic E-state index is 5.69. The lowest BCUT2D eigenvalue weighted by Crippen LogP contribution is -1.81. The number of aryl methyl sites for hydroxylation is 1. The standard InChI is InChI=1S/C12H11N3S3/c1-7-11(18-12(13)14-7)16-6-10-15-8-4-2-3-5-9(8)17-10/h2-5H,6H2,1H3,(H2,13,14). The molecule has 0 spiro atoms. The van der Waals surface area contributed by atoms with E-state index in [0.29, 0.717) is 5.13 Å². The molecule has 18 heavy (non-hydrogen) atoms. The summed E-state index contributed by atoms with van der Waals surface area (Å²) >= 11 is 5.06. The first kappa shape index (κ1) is 12.0. The van der Waals surface area contributed by atoms with Crippen LogP contribution in [0.5, 0.6) is 0 Å². The van der Waals surface area contributed by atoms with Crippen molar-refractivity contribution in [3.05, 3.63) is 35.0 Å². The van der Waals surface area contributed by atoms with Crippen molar-refractivity contribution in [1.29, 1.82) is 0 Å². The van der Waals surface area contributed by atoms with Gasteiger partial charge in [0.25, 0.3) is 0 Å². The predicted octanol–water partition coefficient (Wildman–Crippen LogP) is 3.94. The minimum Gasteiger partial charge on any atom is -0.375 e. The zero-order valence-corrected chi connectivity index (χ0v) is 12.2. The zero-order chi connectivity index (χ0) is 12.5. The van der Waals surface area contributed by atoms with E-state index >= 15 is 0 Å². The number of nitrogen functional groups attached to an aromatic ring is 1. The van der Waals surface area contributed by atoms with Crippen LogP contribution in [0.1, 0.15) is 10.7 Å². The minimum absolute atomic E-state index is 0.638. The molecule has 2 aromatic heterocycles. The third kappa shape index (κ3) is 2.36. The van der Waals surface area contributed by atoms with Crippen molar-refractivity contribution in [3.63, 3.8) is 0 Å². The highest BCUT2D eigenvalue weighted by molar-refractivity contribution is 8.00. The molecule has 0 bridgehead atoms. The number of hydrogen-bond donors (Lipinski definition) is 1. The average Bonchev–Trinajstić information content (AvgIpc) is 2.89. The summed E-state index contributed by atoms with van der Waals surface area (Å²) in [5.74, 6) is 0.877. The smallest absolute Gasteiger partial charge is 0.181 e. The van der Waals surface area contributed by atoms with Crippen LogP contribution in [0.15, 0.2) is 28.5 Å². The number of aromatic nitrogens is 2. The molecule has 0 fully saturated rings. The number of thiazole rings is 2. The number of fused-ring (bicyclic) bond motifs is 1. The van der Waals surface area contributed by atoms with E-state index < -0.39 is 0 Å². The molecular weight excluding hydrogens is 282 g/mol.